The van der Waals surface area contributed by atoms with Gasteiger partial charge in [-0.15, -0.1) is 36.4 Å². The Bertz CT molecular complexity index is 919. The van der Waals surface area contributed by atoms with Gasteiger partial charge in [-0.25, -0.2) is 4.98 Å². The average molecular weight is 479 g/mol. The largest absolute Gasteiger partial charge is 0.496 e. The zero-order chi connectivity index (χ0) is 19.2. The molecule has 1 atom stereocenters. The summed E-state index contributed by atoms with van der Waals surface area (Å²) in [7, 11) is 1.69. The standard InChI is InChI=1S/C21H25Cl2N3O.2ClH/c1-3-15(13-22)24-10-5-11-25-21-16-9-8-14(23)12-18(16)26-17-6-4-7-19(27-2)20(17)21;;/h4,6-9,12,15,24H,3,5,10-11,13H2,1-2H3,(H,25,26);2*1H. The van der Waals surface area contributed by atoms with E-state index in [1.807, 2.05) is 36.4 Å². The van der Waals surface area contributed by atoms with Crippen molar-refractivity contribution in [2.24, 2.45) is 0 Å². The lowest BCUT2D eigenvalue weighted by atomic mass is 10.1. The van der Waals surface area contributed by atoms with Crippen LogP contribution in [0.15, 0.2) is 36.4 Å². The minimum absolute atomic E-state index is 0. The van der Waals surface area contributed by atoms with E-state index in [0.29, 0.717) is 16.9 Å². The fraction of sp³-hybridized carbons (Fsp3) is 0.381. The number of rotatable bonds is 9. The first-order valence-corrected chi connectivity index (χ1v) is 10.2. The molecule has 3 rings (SSSR count). The van der Waals surface area contributed by atoms with Gasteiger partial charge in [0.15, 0.2) is 0 Å². The smallest absolute Gasteiger partial charge is 0.130 e. The Morgan fingerprint density at radius 2 is 1.90 bits per heavy atom. The van der Waals surface area contributed by atoms with Gasteiger partial charge in [0.25, 0.3) is 0 Å². The van der Waals surface area contributed by atoms with Crippen LogP contribution in [0.2, 0.25) is 5.02 Å². The Labute approximate surface area is 194 Å². The third kappa shape index (κ3) is 6.16. The SMILES string of the molecule is CCC(CCl)NCCCNc1c2ccc(Cl)cc2nc2cccc(OC)c12.Cl.Cl. The summed E-state index contributed by atoms with van der Waals surface area (Å²) in [6.45, 7) is 3.90. The number of alkyl halides is 1. The Morgan fingerprint density at radius 1 is 1.10 bits per heavy atom. The number of halogens is 4. The Morgan fingerprint density at radius 3 is 2.59 bits per heavy atom. The maximum absolute atomic E-state index is 6.18. The summed E-state index contributed by atoms with van der Waals surface area (Å²) >= 11 is 12.1. The highest BCUT2D eigenvalue weighted by molar-refractivity contribution is 6.31. The highest BCUT2D eigenvalue weighted by Gasteiger charge is 2.13. The van der Waals surface area contributed by atoms with Crippen LogP contribution in [-0.2, 0) is 0 Å². The molecule has 2 N–H and O–H groups in total. The molecule has 0 spiro atoms. The third-order valence-corrected chi connectivity index (χ3v) is 5.32. The number of nitrogens with one attached hydrogen (secondary N) is 2. The van der Waals surface area contributed by atoms with Crippen LogP contribution in [0.5, 0.6) is 5.75 Å². The Balaban J connectivity index is 0.00000210. The number of benzene rings is 2. The van der Waals surface area contributed by atoms with E-state index in [2.05, 4.69) is 17.6 Å². The van der Waals surface area contributed by atoms with Gasteiger partial charge >= 0.3 is 0 Å². The lowest BCUT2D eigenvalue weighted by molar-refractivity contribution is 0.420. The van der Waals surface area contributed by atoms with Crippen LogP contribution in [0.4, 0.5) is 5.69 Å². The topological polar surface area (TPSA) is 46.2 Å². The molecular formula is C21H27Cl4N3O. The number of anilines is 1. The van der Waals surface area contributed by atoms with Gasteiger partial charge in [-0.3, -0.25) is 0 Å². The minimum Gasteiger partial charge on any atom is -0.496 e. The molecule has 29 heavy (non-hydrogen) atoms. The molecule has 1 aromatic heterocycles. The van der Waals surface area contributed by atoms with Gasteiger partial charge in [0, 0.05) is 28.9 Å². The number of hydrogen-bond donors (Lipinski definition) is 2. The summed E-state index contributed by atoms with van der Waals surface area (Å²) in [5, 5.41) is 9.80. The molecule has 1 unspecified atom stereocenters. The molecule has 8 heteroatoms. The zero-order valence-electron chi connectivity index (χ0n) is 16.5. The van der Waals surface area contributed by atoms with Crippen molar-refractivity contribution in [1.29, 1.82) is 0 Å². The van der Waals surface area contributed by atoms with Crippen LogP contribution in [-0.4, -0.2) is 37.1 Å². The number of ether oxygens (including phenoxy) is 1. The van der Waals surface area contributed by atoms with E-state index < -0.39 is 0 Å². The number of pyridine rings is 1. The van der Waals surface area contributed by atoms with Crippen LogP contribution in [0.1, 0.15) is 19.8 Å². The molecule has 0 radical (unpaired) electrons. The summed E-state index contributed by atoms with van der Waals surface area (Å²) in [4.78, 5) is 4.77. The number of nitrogens with zero attached hydrogens (tertiary/aromatic N) is 1. The first-order chi connectivity index (χ1) is 13.2. The number of hydrogen-bond acceptors (Lipinski definition) is 4. The van der Waals surface area contributed by atoms with Gasteiger partial charge in [-0.1, -0.05) is 24.6 Å². The van der Waals surface area contributed by atoms with Crippen LogP contribution < -0.4 is 15.4 Å². The van der Waals surface area contributed by atoms with Gasteiger partial charge in [0.1, 0.15) is 5.75 Å². The van der Waals surface area contributed by atoms with Crippen molar-refractivity contribution in [3.8, 4) is 5.75 Å². The van der Waals surface area contributed by atoms with Gasteiger partial charge in [0.05, 0.1) is 29.2 Å². The molecule has 2 aromatic carbocycles. The molecule has 160 valence electrons. The zero-order valence-corrected chi connectivity index (χ0v) is 19.6. The van der Waals surface area contributed by atoms with Crippen molar-refractivity contribution in [3.05, 3.63) is 41.4 Å². The number of fused-ring (bicyclic) bond motifs is 2. The summed E-state index contributed by atoms with van der Waals surface area (Å²) in [6.07, 6.45) is 2.02. The maximum Gasteiger partial charge on any atom is 0.130 e. The van der Waals surface area contributed by atoms with Gasteiger partial charge in [-0.05, 0) is 49.7 Å². The molecule has 0 aliphatic rings. The van der Waals surface area contributed by atoms with Crippen LogP contribution in [0.3, 0.4) is 0 Å². The van der Waals surface area contributed by atoms with Crippen molar-refractivity contribution in [3.63, 3.8) is 0 Å². The van der Waals surface area contributed by atoms with E-state index in [-0.39, 0.29) is 24.8 Å². The molecule has 3 aromatic rings. The third-order valence-electron chi connectivity index (χ3n) is 4.71. The molecule has 4 nitrogen and oxygen atoms in total. The quantitative estimate of drug-likeness (QED) is 0.215. The highest BCUT2D eigenvalue weighted by atomic mass is 35.5. The predicted octanol–water partition coefficient (Wildman–Crippen LogP) is 6.30. The number of methoxy groups -OCH3 is 1. The summed E-state index contributed by atoms with van der Waals surface area (Å²) in [5.74, 6) is 1.45. The van der Waals surface area contributed by atoms with E-state index in [0.717, 1.165) is 59.2 Å². The predicted molar refractivity (Wildman–Crippen MR) is 131 cm³/mol. The summed E-state index contributed by atoms with van der Waals surface area (Å²) < 4.78 is 5.60. The lowest BCUT2D eigenvalue weighted by Gasteiger charge is -2.17. The molecule has 1 heterocycles. The van der Waals surface area contributed by atoms with Crippen molar-refractivity contribution in [1.82, 2.24) is 10.3 Å². The Hall–Kier alpha value is -1.17. The molecule has 0 aliphatic heterocycles. The van der Waals surface area contributed by atoms with Gasteiger partial charge < -0.3 is 15.4 Å². The first kappa shape index (κ1) is 25.9. The summed E-state index contributed by atoms with van der Waals surface area (Å²) in [6, 6.07) is 12.1. The van der Waals surface area contributed by atoms with Crippen molar-refractivity contribution in [2.75, 3.05) is 31.4 Å². The second-order valence-corrected chi connectivity index (χ2v) is 7.24. The molecule has 0 bridgehead atoms. The number of aromatic nitrogens is 1. The fourth-order valence-electron chi connectivity index (χ4n) is 3.21. The Kier molecular flexibility index (Phi) is 11.2. The molecule has 0 amide bonds. The molecule has 0 saturated carbocycles. The minimum atomic E-state index is 0. The second kappa shape index (κ2) is 12.5. The maximum atomic E-state index is 6.18. The van der Waals surface area contributed by atoms with Crippen LogP contribution in [0.25, 0.3) is 21.8 Å². The molecule has 0 saturated heterocycles. The van der Waals surface area contributed by atoms with E-state index in [9.17, 15) is 0 Å². The molecule has 0 fully saturated rings. The lowest BCUT2D eigenvalue weighted by Crippen LogP contribution is -2.31. The van der Waals surface area contributed by atoms with Crippen LogP contribution in [0, 0.1) is 0 Å². The monoisotopic (exact) mass is 477 g/mol. The van der Waals surface area contributed by atoms with Crippen molar-refractivity contribution < 1.29 is 4.74 Å². The molecular weight excluding hydrogens is 452 g/mol. The van der Waals surface area contributed by atoms with Gasteiger partial charge in [0.2, 0.25) is 0 Å². The van der Waals surface area contributed by atoms with Crippen molar-refractivity contribution in [2.45, 2.75) is 25.8 Å². The molecule has 0 aliphatic carbocycles. The average Bonchev–Trinajstić information content (AvgIpc) is 2.69. The fourth-order valence-corrected chi connectivity index (χ4v) is 3.70. The van der Waals surface area contributed by atoms with Gasteiger partial charge in [-0.2, -0.15) is 0 Å². The van der Waals surface area contributed by atoms with E-state index in [4.69, 9.17) is 32.9 Å². The van der Waals surface area contributed by atoms with Crippen LogP contribution >= 0.6 is 48.0 Å². The first-order valence-electron chi connectivity index (χ1n) is 9.27. The second-order valence-electron chi connectivity index (χ2n) is 6.50. The normalized spacial score (nSPS) is 11.6. The summed E-state index contributed by atoms with van der Waals surface area (Å²) in [5.41, 5.74) is 2.79. The van der Waals surface area contributed by atoms with Crippen molar-refractivity contribution >= 4 is 75.5 Å². The van der Waals surface area contributed by atoms with E-state index in [1.165, 1.54) is 0 Å². The van der Waals surface area contributed by atoms with E-state index >= 15 is 0 Å². The van der Waals surface area contributed by atoms with E-state index in [1.54, 1.807) is 7.11 Å². The highest BCUT2D eigenvalue weighted by Crippen LogP contribution is 2.37.